The maximum Gasteiger partial charge on any atom is 0.411 e. The SMILES string of the molecule is C[N+]1(C)CCC(OC(=O)Nc2cc(CCC(=O)Nc3ccc4cc(CNC[C@@H](O)c5ccc(O)c6[nH]c(=O)ccc56)ccc4c3)ccc2-c2ccccc2)CC1. The lowest BCUT2D eigenvalue weighted by atomic mass is 9.99. The Bertz CT molecular complexity index is 2420. The Balaban J connectivity index is 0.937. The average Bonchev–Trinajstić information content (AvgIpc) is 3.18. The number of H-pyrrole nitrogens is 1. The Labute approximate surface area is 325 Å². The van der Waals surface area contributed by atoms with Crippen molar-refractivity contribution in [3.63, 3.8) is 0 Å². The van der Waals surface area contributed by atoms with E-state index in [0.717, 1.165) is 63.4 Å². The Morgan fingerprint density at radius 3 is 2.41 bits per heavy atom. The van der Waals surface area contributed by atoms with Gasteiger partial charge < -0.3 is 35.1 Å². The van der Waals surface area contributed by atoms with Crippen molar-refractivity contribution in [1.29, 1.82) is 0 Å². The third-order valence-corrected chi connectivity index (χ3v) is 10.6. The zero-order valence-electron chi connectivity index (χ0n) is 31.7. The van der Waals surface area contributed by atoms with Crippen molar-refractivity contribution in [3.8, 4) is 16.9 Å². The number of phenolic OH excluding ortho intramolecular Hbond substituents is 1. The summed E-state index contributed by atoms with van der Waals surface area (Å²) >= 11 is 0. The second-order valence-electron chi connectivity index (χ2n) is 15.2. The molecule has 1 saturated heterocycles. The molecule has 0 radical (unpaired) electrons. The van der Waals surface area contributed by atoms with Gasteiger partial charge in [0.2, 0.25) is 11.5 Å². The number of quaternary nitrogens is 1. The molecule has 2 heterocycles. The number of ether oxygens (including phenoxy) is 1. The number of benzene rings is 5. The van der Waals surface area contributed by atoms with E-state index in [9.17, 15) is 24.6 Å². The summed E-state index contributed by atoms with van der Waals surface area (Å²) in [7, 11) is 4.39. The zero-order valence-corrected chi connectivity index (χ0v) is 31.7. The Morgan fingerprint density at radius 1 is 0.857 bits per heavy atom. The summed E-state index contributed by atoms with van der Waals surface area (Å²) in [5.74, 6) is -0.164. The van der Waals surface area contributed by atoms with Crippen molar-refractivity contribution in [2.24, 2.45) is 0 Å². The van der Waals surface area contributed by atoms with Crippen LogP contribution in [0.1, 0.15) is 42.1 Å². The van der Waals surface area contributed by atoms with Crippen LogP contribution in [0.5, 0.6) is 5.75 Å². The van der Waals surface area contributed by atoms with Crippen LogP contribution >= 0.6 is 0 Å². The van der Waals surface area contributed by atoms with Crippen LogP contribution in [0, 0.1) is 0 Å². The molecule has 6 N–H and O–H groups in total. The molecule has 11 heteroatoms. The van der Waals surface area contributed by atoms with Gasteiger partial charge in [0, 0.05) is 55.1 Å². The minimum atomic E-state index is -0.856. The fraction of sp³-hybridized carbons (Fsp3) is 0.267. The van der Waals surface area contributed by atoms with E-state index >= 15 is 0 Å². The number of piperidine rings is 1. The number of rotatable bonds is 12. The van der Waals surface area contributed by atoms with Gasteiger partial charge in [0.05, 0.1) is 44.5 Å². The first kappa shape index (κ1) is 38.3. The molecule has 11 nitrogen and oxygen atoms in total. The molecular weight excluding hydrogens is 707 g/mol. The number of phenols is 1. The highest BCUT2D eigenvalue weighted by Crippen LogP contribution is 2.31. The van der Waals surface area contributed by atoms with E-state index in [1.54, 1.807) is 12.1 Å². The van der Waals surface area contributed by atoms with Gasteiger partial charge in [-0.15, -0.1) is 0 Å². The van der Waals surface area contributed by atoms with Crippen molar-refractivity contribution in [1.82, 2.24) is 10.3 Å². The predicted molar refractivity (Wildman–Crippen MR) is 221 cm³/mol. The van der Waals surface area contributed by atoms with Crippen molar-refractivity contribution < 1.29 is 29.0 Å². The number of aromatic amines is 1. The molecular formula is C45H48N5O6+. The molecule has 7 rings (SSSR count). The first-order valence-electron chi connectivity index (χ1n) is 19.0. The second kappa shape index (κ2) is 16.8. The number of nitrogens with one attached hydrogen (secondary N) is 4. The molecule has 0 bridgehead atoms. The summed E-state index contributed by atoms with van der Waals surface area (Å²) in [4.78, 5) is 40.5. The molecule has 1 fully saturated rings. The van der Waals surface area contributed by atoms with Gasteiger partial charge in [0.1, 0.15) is 11.9 Å². The number of amides is 2. The number of carbonyl (C=O) groups excluding carboxylic acids is 2. The largest absolute Gasteiger partial charge is 0.506 e. The summed E-state index contributed by atoms with van der Waals surface area (Å²) in [6.07, 6.45) is 0.981. The fourth-order valence-electron chi connectivity index (χ4n) is 7.35. The maximum atomic E-state index is 13.1. The van der Waals surface area contributed by atoms with Gasteiger partial charge in [-0.1, -0.05) is 66.7 Å². The van der Waals surface area contributed by atoms with Gasteiger partial charge in [-0.3, -0.25) is 14.9 Å². The molecule has 1 aromatic heterocycles. The summed E-state index contributed by atoms with van der Waals surface area (Å²) < 4.78 is 6.76. The van der Waals surface area contributed by atoms with E-state index in [1.807, 2.05) is 78.9 Å². The van der Waals surface area contributed by atoms with Crippen LogP contribution in [-0.2, 0) is 22.5 Å². The van der Waals surface area contributed by atoms with Crippen molar-refractivity contribution in [2.45, 2.75) is 44.4 Å². The molecule has 2 amide bonds. The molecule has 0 saturated carbocycles. The molecule has 1 aliphatic heterocycles. The summed E-state index contributed by atoms with van der Waals surface area (Å²) in [6.45, 7) is 2.71. The average molecular weight is 755 g/mol. The molecule has 0 spiro atoms. The number of likely N-dealkylation sites (tertiary alicyclic amines) is 1. The molecule has 56 heavy (non-hydrogen) atoms. The zero-order chi connectivity index (χ0) is 39.2. The van der Waals surface area contributed by atoms with E-state index in [1.165, 1.54) is 12.1 Å². The number of carbonyl (C=O) groups is 2. The lowest BCUT2D eigenvalue weighted by Crippen LogP contribution is -2.48. The van der Waals surface area contributed by atoms with Gasteiger partial charge in [-0.25, -0.2) is 4.79 Å². The van der Waals surface area contributed by atoms with Crippen LogP contribution in [0.15, 0.2) is 114 Å². The molecule has 5 aromatic carbocycles. The number of pyridine rings is 1. The van der Waals surface area contributed by atoms with E-state index in [-0.39, 0.29) is 36.3 Å². The first-order valence-corrected chi connectivity index (χ1v) is 19.0. The molecule has 0 aliphatic carbocycles. The highest BCUT2D eigenvalue weighted by molar-refractivity contribution is 5.95. The van der Waals surface area contributed by atoms with Gasteiger partial charge >= 0.3 is 6.09 Å². The van der Waals surface area contributed by atoms with Crippen LogP contribution in [0.3, 0.4) is 0 Å². The standard InChI is InChI=1S/C45H47N5O6/c1-50(2)22-20-35(21-23-50)56-45(55)48-39-25-29(9-14-36(39)31-6-4-3-5-7-31)10-18-42(53)47-34-13-12-32-24-30(8-11-33(32)26-34)27-46-28-41(52)37-15-17-40(51)44-38(37)16-19-43(54)49-44/h3-9,11-17,19,24-26,35,41,46,52H,10,18,20-23,27-28H2,1-2H3,(H3-,47,48,49,51,53,54,55)/p+1/t41-/m1/s1. The van der Waals surface area contributed by atoms with Crippen LogP contribution in [0.25, 0.3) is 32.8 Å². The third kappa shape index (κ3) is 9.43. The smallest absolute Gasteiger partial charge is 0.411 e. The highest BCUT2D eigenvalue weighted by Gasteiger charge is 2.28. The van der Waals surface area contributed by atoms with Gasteiger partial charge in [-0.05, 0) is 75.8 Å². The number of aryl methyl sites for hydroxylation is 1. The number of hydrogen-bond donors (Lipinski definition) is 6. The molecule has 288 valence electrons. The number of aliphatic hydroxyl groups is 1. The second-order valence-corrected chi connectivity index (χ2v) is 15.2. The normalized spacial score (nSPS) is 14.7. The minimum absolute atomic E-state index is 0.0491. The third-order valence-electron chi connectivity index (χ3n) is 10.6. The Kier molecular flexibility index (Phi) is 11.5. The lowest BCUT2D eigenvalue weighted by molar-refractivity contribution is -0.896. The first-order chi connectivity index (χ1) is 27.0. The summed E-state index contributed by atoms with van der Waals surface area (Å²) in [6, 6.07) is 33.8. The van der Waals surface area contributed by atoms with Crippen molar-refractivity contribution in [3.05, 3.63) is 136 Å². The quantitative estimate of drug-likeness (QED) is 0.0721. The number of nitrogens with zero attached hydrogens (tertiary/aromatic N) is 1. The van der Waals surface area contributed by atoms with E-state index in [0.29, 0.717) is 40.8 Å². The van der Waals surface area contributed by atoms with E-state index in [2.05, 4.69) is 41.1 Å². The molecule has 0 unspecified atom stereocenters. The minimum Gasteiger partial charge on any atom is -0.506 e. The molecule has 6 aromatic rings. The lowest BCUT2D eigenvalue weighted by Gasteiger charge is -2.36. The number of aromatic nitrogens is 1. The summed E-state index contributed by atoms with van der Waals surface area (Å²) in [5, 5.41) is 33.0. The van der Waals surface area contributed by atoms with Gasteiger partial charge in [-0.2, -0.15) is 0 Å². The number of hydrogen-bond acceptors (Lipinski definition) is 7. The molecule has 1 aliphatic rings. The van der Waals surface area contributed by atoms with Crippen LogP contribution in [-0.4, -0.2) is 71.5 Å². The van der Waals surface area contributed by atoms with Crippen LogP contribution < -0.4 is 21.5 Å². The van der Waals surface area contributed by atoms with Crippen molar-refractivity contribution >= 4 is 45.1 Å². The molecule has 1 atom stereocenters. The predicted octanol–water partition coefficient (Wildman–Crippen LogP) is 7.24. The Morgan fingerprint density at radius 2 is 1.61 bits per heavy atom. The number of aliphatic hydroxyl groups excluding tert-OH is 1. The number of anilines is 2. The van der Waals surface area contributed by atoms with Crippen LogP contribution in [0.2, 0.25) is 0 Å². The maximum absolute atomic E-state index is 13.1. The van der Waals surface area contributed by atoms with Crippen LogP contribution in [0.4, 0.5) is 16.2 Å². The van der Waals surface area contributed by atoms with Gasteiger partial charge in [0.25, 0.3) is 0 Å². The van der Waals surface area contributed by atoms with E-state index in [4.69, 9.17) is 4.74 Å². The van der Waals surface area contributed by atoms with E-state index < -0.39 is 12.2 Å². The summed E-state index contributed by atoms with van der Waals surface area (Å²) in [5.41, 5.74) is 5.73. The number of aromatic hydroxyl groups is 1. The van der Waals surface area contributed by atoms with Gasteiger partial charge in [0.15, 0.2) is 0 Å². The fourth-order valence-corrected chi connectivity index (χ4v) is 7.35. The number of fused-ring (bicyclic) bond motifs is 2. The topological polar surface area (TPSA) is 153 Å². The monoisotopic (exact) mass is 754 g/mol. The van der Waals surface area contributed by atoms with Crippen molar-refractivity contribution in [2.75, 3.05) is 44.4 Å². The Hall–Kier alpha value is -6.01. The highest BCUT2D eigenvalue weighted by atomic mass is 16.6.